The highest BCUT2D eigenvalue weighted by Crippen LogP contribution is 2.34. The van der Waals surface area contributed by atoms with Crippen molar-refractivity contribution in [1.29, 1.82) is 0 Å². The molecular formula is C14H24N2O3. The van der Waals surface area contributed by atoms with E-state index in [4.69, 9.17) is 5.73 Å². The van der Waals surface area contributed by atoms with Crippen molar-refractivity contribution in [3.8, 4) is 0 Å². The largest absolute Gasteiger partial charge is 0.480 e. The van der Waals surface area contributed by atoms with Crippen LogP contribution in [0.3, 0.4) is 0 Å². The highest BCUT2D eigenvalue weighted by Gasteiger charge is 2.43. The van der Waals surface area contributed by atoms with Gasteiger partial charge in [0.1, 0.15) is 6.04 Å². The van der Waals surface area contributed by atoms with Crippen molar-refractivity contribution in [2.24, 2.45) is 23.5 Å². The van der Waals surface area contributed by atoms with E-state index in [9.17, 15) is 14.7 Å². The number of nitrogens with two attached hydrogens (primary N) is 1. The smallest absolute Gasteiger partial charge is 0.326 e. The lowest BCUT2D eigenvalue weighted by Crippen LogP contribution is -2.48. The van der Waals surface area contributed by atoms with E-state index in [-0.39, 0.29) is 23.7 Å². The Kier molecular flexibility index (Phi) is 4.45. The lowest BCUT2D eigenvalue weighted by atomic mass is 9.78. The zero-order valence-corrected chi connectivity index (χ0v) is 11.5. The Bertz CT molecular complexity index is 359. The van der Waals surface area contributed by atoms with Gasteiger partial charge in [-0.15, -0.1) is 0 Å². The van der Waals surface area contributed by atoms with E-state index < -0.39 is 12.0 Å². The Morgan fingerprint density at radius 3 is 2.58 bits per heavy atom. The number of amides is 1. The van der Waals surface area contributed by atoms with Gasteiger partial charge in [0.25, 0.3) is 0 Å². The summed E-state index contributed by atoms with van der Waals surface area (Å²) in [5.74, 6) is -0.649. The van der Waals surface area contributed by atoms with Crippen LogP contribution < -0.4 is 5.73 Å². The molecule has 1 saturated heterocycles. The van der Waals surface area contributed by atoms with Crippen LogP contribution in [-0.2, 0) is 9.59 Å². The molecule has 5 nitrogen and oxygen atoms in total. The van der Waals surface area contributed by atoms with Crippen LogP contribution in [0.1, 0.15) is 39.0 Å². The number of hydrogen-bond donors (Lipinski definition) is 2. The molecule has 0 bridgehead atoms. The van der Waals surface area contributed by atoms with E-state index in [0.29, 0.717) is 13.1 Å². The number of carbonyl (C=O) groups is 2. The molecule has 1 aliphatic heterocycles. The van der Waals surface area contributed by atoms with E-state index in [1.807, 2.05) is 6.92 Å². The van der Waals surface area contributed by atoms with Gasteiger partial charge >= 0.3 is 5.97 Å². The highest BCUT2D eigenvalue weighted by molar-refractivity contribution is 5.86. The van der Waals surface area contributed by atoms with Crippen LogP contribution in [0, 0.1) is 17.8 Å². The van der Waals surface area contributed by atoms with Crippen LogP contribution in [0.2, 0.25) is 0 Å². The topological polar surface area (TPSA) is 83.6 Å². The molecule has 4 unspecified atom stereocenters. The quantitative estimate of drug-likeness (QED) is 0.802. The van der Waals surface area contributed by atoms with Gasteiger partial charge in [0.05, 0.1) is 0 Å². The first-order valence-electron chi connectivity index (χ1n) is 7.29. The molecule has 1 amide bonds. The van der Waals surface area contributed by atoms with Crippen molar-refractivity contribution >= 4 is 11.9 Å². The van der Waals surface area contributed by atoms with Crippen molar-refractivity contribution in [2.45, 2.75) is 45.1 Å². The molecule has 0 aromatic carbocycles. The van der Waals surface area contributed by atoms with Gasteiger partial charge in [-0.3, -0.25) is 4.79 Å². The summed E-state index contributed by atoms with van der Waals surface area (Å²) in [6.45, 7) is 3.01. The van der Waals surface area contributed by atoms with Crippen LogP contribution in [-0.4, -0.2) is 41.0 Å². The zero-order chi connectivity index (χ0) is 14.0. The van der Waals surface area contributed by atoms with E-state index in [2.05, 4.69) is 0 Å². The van der Waals surface area contributed by atoms with Gasteiger partial charge in [0.15, 0.2) is 0 Å². The summed E-state index contributed by atoms with van der Waals surface area (Å²) < 4.78 is 0. The number of likely N-dealkylation sites (tertiary alicyclic amines) is 1. The van der Waals surface area contributed by atoms with Crippen molar-refractivity contribution in [1.82, 2.24) is 4.90 Å². The first-order valence-corrected chi connectivity index (χ1v) is 7.29. The molecule has 3 N–H and O–H groups in total. The molecule has 4 atom stereocenters. The second-order valence-electron chi connectivity index (χ2n) is 5.97. The third-order valence-corrected chi connectivity index (χ3v) is 4.77. The van der Waals surface area contributed by atoms with Gasteiger partial charge in [-0.1, -0.05) is 19.8 Å². The average Bonchev–Trinajstić information content (AvgIpc) is 2.79. The van der Waals surface area contributed by atoms with Gasteiger partial charge in [0.2, 0.25) is 5.91 Å². The Balaban J connectivity index is 2.11. The van der Waals surface area contributed by atoms with Crippen LogP contribution in [0.4, 0.5) is 0 Å². The molecule has 1 aliphatic carbocycles. The summed E-state index contributed by atoms with van der Waals surface area (Å²) in [5.41, 5.74) is 5.76. The second-order valence-corrected chi connectivity index (χ2v) is 5.97. The van der Waals surface area contributed by atoms with E-state index in [1.54, 1.807) is 4.90 Å². The van der Waals surface area contributed by atoms with Crippen LogP contribution in [0.25, 0.3) is 0 Å². The Labute approximate surface area is 114 Å². The molecule has 2 rings (SSSR count). The first-order chi connectivity index (χ1) is 9.06. The molecule has 0 aromatic rings. The number of carboxylic acid groups (broad SMARTS) is 1. The fourth-order valence-electron chi connectivity index (χ4n) is 3.60. The monoisotopic (exact) mass is 268 g/mol. The van der Waals surface area contributed by atoms with Crippen molar-refractivity contribution in [3.63, 3.8) is 0 Å². The molecule has 1 heterocycles. The summed E-state index contributed by atoms with van der Waals surface area (Å²) in [6.07, 6.45) is 4.81. The van der Waals surface area contributed by atoms with Crippen molar-refractivity contribution < 1.29 is 14.7 Å². The van der Waals surface area contributed by atoms with Crippen LogP contribution in [0.15, 0.2) is 0 Å². The number of hydrogen-bond acceptors (Lipinski definition) is 3. The Morgan fingerprint density at radius 2 is 1.95 bits per heavy atom. The molecule has 1 saturated carbocycles. The van der Waals surface area contributed by atoms with E-state index in [0.717, 1.165) is 32.1 Å². The molecule has 0 radical (unpaired) electrons. The minimum Gasteiger partial charge on any atom is -0.480 e. The predicted molar refractivity (Wildman–Crippen MR) is 71.4 cm³/mol. The summed E-state index contributed by atoms with van der Waals surface area (Å²) in [7, 11) is 0. The number of carboxylic acids is 1. The molecule has 2 aliphatic rings. The Hall–Kier alpha value is -1.10. The molecule has 19 heavy (non-hydrogen) atoms. The van der Waals surface area contributed by atoms with Crippen molar-refractivity contribution in [2.75, 3.05) is 13.1 Å². The first kappa shape index (κ1) is 14.3. The molecule has 0 aromatic heterocycles. The summed E-state index contributed by atoms with van der Waals surface area (Å²) in [4.78, 5) is 25.6. The molecule has 0 spiro atoms. The average molecular weight is 268 g/mol. The van der Waals surface area contributed by atoms with E-state index >= 15 is 0 Å². The van der Waals surface area contributed by atoms with Gasteiger partial charge in [0, 0.05) is 12.5 Å². The number of rotatable bonds is 3. The van der Waals surface area contributed by atoms with Gasteiger partial charge in [-0.2, -0.15) is 0 Å². The molecule has 5 heteroatoms. The zero-order valence-electron chi connectivity index (χ0n) is 11.5. The van der Waals surface area contributed by atoms with Gasteiger partial charge in [-0.05, 0) is 37.6 Å². The van der Waals surface area contributed by atoms with Crippen LogP contribution >= 0.6 is 0 Å². The normalized spacial score (nSPS) is 35.4. The fourth-order valence-corrected chi connectivity index (χ4v) is 3.60. The highest BCUT2D eigenvalue weighted by atomic mass is 16.4. The second kappa shape index (κ2) is 5.90. The fraction of sp³-hybridized carbons (Fsp3) is 0.857. The van der Waals surface area contributed by atoms with Gasteiger partial charge in [-0.25, -0.2) is 4.79 Å². The maximum Gasteiger partial charge on any atom is 0.326 e. The third kappa shape index (κ3) is 2.76. The summed E-state index contributed by atoms with van der Waals surface area (Å²) >= 11 is 0. The maximum atomic E-state index is 12.6. The van der Waals surface area contributed by atoms with Crippen molar-refractivity contribution in [3.05, 3.63) is 0 Å². The number of aliphatic carboxylic acids is 1. The maximum absolute atomic E-state index is 12.6. The third-order valence-electron chi connectivity index (χ3n) is 4.77. The summed E-state index contributed by atoms with van der Waals surface area (Å²) in [5, 5.41) is 9.31. The van der Waals surface area contributed by atoms with Gasteiger partial charge < -0.3 is 15.7 Å². The standard InChI is InChI=1S/C14H24N2O3/c1-9-6-7-16(12(9)14(18)19)13(17)11-5-3-2-4-10(11)8-15/h9-12H,2-8,15H2,1H3,(H,18,19). The Morgan fingerprint density at radius 1 is 1.26 bits per heavy atom. The molecular weight excluding hydrogens is 244 g/mol. The lowest BCUT2D eigenvalue weighted by molar-refractivity contribution is -0.152. The minimum absolute atomic E-state index is 0.0203. The SMILES string of the molecule is CC1CCN(C(=O)C2CCCCC2CN)C1C(=O)O. The predicted octanol–water partition coefficient (Wildman–Crippen LogP) is 1.07. The number of nitrogens with zero attached hydrogens (tertiary/aromatic N) is 1. The molecule has 108 valence electrons. The summed E-state index contributed by atoms with van der Waals surface area (Å²) in [6, 6.07) is -0.646. The minimum atomic E-state index is -0.876. The number of carbonyl (C=O) groups excluding carboxylic acids is 1. The van der Waals surface area contributed by atoms with E-state index in [1.165, 1.54) is 0 Å². The molecule has 2 fully saturated rings. The lowest BCUT2D eigenvalue weighted by Gasteiger charge is -2.34. The van der Waals surface area contributed by atoms with Crippen LogP contribution in [0.5, 0.6) is 0 Å².